The van der Waals surface area contributed by atoms with Crippen molar-refractivity contribution in [2.45, 2.75) is 19.4 Å². The van der Waals surface area contributed by atoms with Gasteiger partial charge in [-0.15, -0.1) is 0 Å². The van der Waals surface area contributed by atoms with Crippen LogP contribution < -0.4 is 0 Å². The van der Waals surface area contributed by atoms with E-state index in [1.165, 1.54) is 12.7 Å². The van der Waals surface area contributed by atoms with Crippen LogP contribution in [0, 0.1) is 18.3 Å². The van der Waals surface area contributed by atoms with Gasteiger partial charge in [-0.25, -0.2) is 0 Å². The van der Waals surface area contributed by atoms with Crippen molar-refractivity contribution >= 4 is 11.6 Å². The molecule has 2 aromatic carbocycles. The number of carbonyl (C=O) groups is 1. The number of likely N-dealkylation sites (tertiary alicyclic amines) is 1. The molecule has 1 amide bonds. The van der Waals surface area contributed by atoms with E-state index in [2.05, 4.69) is 30.3 Å². The molecule has 5 nitrogen and oxygen atoms in total. The molecule has 1 atom stereocenters. The van der Waals surface area contributed by atoms with Gasteiger partial charge in [-0.2, -0.15) is 5.26 Å². The van der Waals surface area contributed by atoms with Gasteiger partial charge in [-0.05, 0) is 35.7 Å². The molecule has 1 aliphatic rings. The Morgan fingerprint density at radius 1 is 1.24 bits per heavy atom. The molecule has 0 radical (unpaired) electrons. The Bertz CT molecular complexity index is 850. The van der Waals surface area contributed by atoms with Crippen LogP contribution in [0.3, 0.4) is 0 Å². The third-order valence-electron chi connectivity index (χ3n) is 4.38. The zero-order valence-corrected chi connectivity index (χ0v) is 14.3. The lowest BCUT2D eigenvalue weighted by Crippen LogP contribution is -2.34. The largest absolute Gasteiger partial charge is 0.399 e. The molecule has 0 saturated carbocycles. The van der Waals surface area contributed by atoms with Crippen molar-refractivity contribution in [3.63, 3.8) is 0 Å². The highest BCUT2D eigenvalue weighted by Crippen LogP contribution is 2.25. The molecule has 1 aliphatic heterocycles. The normalized spacial score (nSPS) is 18.2. The molecule has 0 bridgehead atoms. The Balaban J connectivity index is 1.83. The number of hydrogen-bond acceptors (Lipinski definition) is 4. The monoisotopic (exact) mass is 333 g/mol. The number of carbonyl (C=O) groups excluding carboxylic acids is 1. The van der Waals surface area contributed by atoms with E-state index in [1.54, 1.807) is 4.90 Å². The summed E-state index contributed by atoms with van der Waals surface area (Å²) in [6, 6.07) is 17.3. The van der Waals surface area contributed by atoms with Gasteiger partial charge in [-0.3, -0.25) is 4.79 Å². The second-order valence-electron chi connectivity index (χ2n) is 6.01. The molecular formula is C20H19N3O2. The fraction of sp³-hybridized carbons (Fsp3) is 0.250. The van der Waals surface area contributed by atoms with Crippen LogP contribution in [0.15, 0.2) is 53.7 Å². The molecule has 0 aliphatic carbocycles. The van der Waals surface area contributed by atoms with Crippen LogP contribution in [0.25, 0.3) is 11.1 Å². The number of aryl methyl sites for hydroxylation is 1. The summed E-state index contributed by atoms with van der Waals surface area (Å²) in [7, 11) is 1.46. The number of rotatable bonds is 3. The molecule has 1 heterocycles. The van der Waals surface area contributed by atoms with Crippen molar-refractivity contribution in [3.8, 4) is 17.2 Å². The number of amides is 1. The standard InChI is InChI=1S/C20H19N3O2/c1-14-5-3-4-6-19(14)15-7-9-16(10-8-15)20(24)23-13-17(22-25-2)11-18(23)12-21/h3-10,18H,11,13H2,1-2H3/t18-/m0/s1. The van der Waals surface area contributed by atoms with E-state index in [9.17, 15) is 10.1 Å². The van der Waals surface area contributed by atoms with Crippen LogP contribution in [0.5, 0.6) is 0 Å². The third kappa shape index (κ3) is 3.38. The quantitative estimate of drug-likeness (QED) is 0.809. The number of benzene rings is 2. The minimum absolute atomic E-state index is 0.163. The fourth-order valence-corrected chi connectivity index (χ4v) is 3.08. The maximum atomic E-state index is 12.8. The van der Waals surface area contributed by atoms with Crippen LogP contribution in [-0.2, 0) is 4.84 Å². The number of nitrogens with zero attached hydrogens (tertiary/aromatic N) is 3. The van der Waals surface area contributed by atoms with Crippen molar-refractivity contribution < 1.29 is 9.63 Å². The summed E-state index contributed by atoms with van der Waals surface area (Å²) >= 11 is 0. The number of nitriles is 1. The summed E-state index contributed by atoms with van der Waals surface area (Å²) in [5, 5.41) is 13.2. The van der Waals surface area contributed by atoms with E-state index in [0.717, 1.165) is 11.1 Å². The molecule has 126 valence electrons. The van der Waals surface area contributed by atoms with Crippen LogP contribution in [0.4, 0.5) is 0 Å². The van der Waals surface area contributed by atoms with E-state index in [0.29, 0.717) is 24.2 Å². The van der Waals surface area contributed by atoms with Gasteiger partial charge < -0.3 is 9.74 Å². The molecule has 3 rings (SSSR count). The Hall–Kier alpha value is -3.13. The Kier molecular flexibility index (Phi) is 4.80. The molecule has 25 heavy (non-hydrogen) atoms. The highest BCUT2D eigenvalue weighted by molar-refractivity contribution is 6.01. The lowest BCUT2D eigenvalue weighted by atomic mass is 9.99. The van der Waals surface area contributed by atoms with Crippen LogP contribution in [0.1, 0.15) is 22.3 Å². The molecule has 0 spiro atoms. The van der Waals surface area contributed by atoms with E-state index >= 15 is 0 Å². The summed E-state index contributed by atoms with van der Waals surface area (Å²) in [6.45, 7) is 2.39. The Labute approximate surface area is 147 Å². The minimum atomic E-state index is -0.502. The van der Waals surface area contributed by atoms with Crippen LogP contribution >= 0.6 is 0 Å². The van der Waals surface area contributed by atoms with Gasteiger partial charge in [0.05, 0.1) is 18.3 Å². The van der Waals surface area contributed by atoms with Gasteiger partial charge in [0.25, 0.3) is 5.91 Å². The van der Waals surface area contributed by atoms with E-state index in [4.69, 9.17) is 4.84 Å². The smallest absolute Gasteiger partial charge is 0.255 e. The van der Waals surface area contributed by atoms with Crippen molar-refractivity contribution in [1.29, 1.82) is 5.26 Å². The van der Waals surface area contributed by atoms with E-state index in [1.807, 2.05) is 36.4 Å². The van der Waals surface area contributed by atoms with Crippen molar-refractivity contribution in [2.75, 3.05) is 13.7 Å². The topological polar surface area (TPSA) is 65.7 Å². The SMILES string of the molecule is CON=C1C[C@@H](C#N)N(C(=O)c2ccc(-c3ccccc3C)cc2)C1. The average Bonchev–Trinajstić information content (AvgIpc) is 3.05. The first-order chi connectivity index (χ1) is 12.1. The van der Waals surface area contributed by atoms with E-state index < -0.39 is 6.04 Å². The molecular weight excluding hydrogens is 314 g/mol. The summed E-state index contributed by atoms with van der Waals surface area (Å²) in [6.07, 6.45) is 0.428. The lowest BCUT2D eigenvalue weighted by Gasteiger charge is -2.19. The highest BCUT2D eigenvalue weighted by Gasteiger charge is 2.33. The van der Waals surface area contributed by atoms with Gasteiger partial charge in [0.2, 0.25) is 0 Å². The van der Waals surface area contributed by atoms with Gasteiger partial charge >= 0.3 is 0 Å². The molecule has 5 heteroatoms. The molecule has 1 saturated heterocycles. The second kappa shape index (κ2) is 7.18. The molecule has 2 aromatic rings. The number of hydrogen-bond donors (Lipinski definition) is 0. The van der Waals surface area contributed by atoms with Gasteiger partial charge in [0.15, 0.2) is 0 Å². The summed E-state index contributed by atoms with van der Waals surface area (Å²) in [5.41, 5.74) is 4.67. The van der Waals surface area contributed by atoms with Crippen molar-refractivity contribution in [1.82, 2.24) is 4.90 Å². The first-order valence-electron chi connectivity index (χ1n) is 8.09. The number of oxime groups is 1. The van der Waals surface area contributed by atoms with Crippen LogP contribution in [-0.4, -0.2) is 36.2 Å². The summed E-state index contributed by atoms with van der Waals surface area (Å²) < 4.78 is 0. The average molecular weight is 333 g/mol. The molecule has 0 aromatic heterocycles. The summed E-state index contributed by atoms with van der Waals surface area (Å²) in [4.78, 5) is 19.1. The first-order valence-corrected chi connectivity index (χ1v) is 8.09. The van der Waals surface area contributed by atoms with Gasteiger partial charge in [0.1, 0.15) is 13.2 Å². The highest BCUT2D eigenvalue weighted by atomic mass is 16.6. The maximum absolute atomic E-state index is 12.8. The van der Waals surface area contributed by atoms with Gasteiger partial charge in [-0.1, -0.05) is 41.6 Å². The van der Waals surface area contributed by atoms with E-state index in [-0.39, 0.29) is 5.91 Å². The predicted molar refractivity (Wildman–Crippen MR) is 96.1 cm³/mol. The maximum Gasteiger partial charge on any atom is 0.255 e. The van der Waals surface area contributed by atoms with Crippen molar-refractivity contribution in [2.24, 2.45) is 5.16 Å². The zero-order chi connectivity index (χ0) is 17.8. The zero-order valence-electron chi connectivity index (χ0n) is 14.3. The van der Waals surface area contributed by atoms with Crippen LogP contribution in [0.2, 0.25) is 0 Å². The molecule has 0 unspecified atom stereocenters. The Morgan fingerprint density at radius 2 is 1.96 bits per heavy atom. The van der Waals surface area contributed by atoms with Gasteiger partial charge in [0, 0.05) is 12.0 Å². The lowest BCUT2D eigenvalue weighted by molar-refractivity contribution is 0.0769. The van der Waals surface area contributed by atoms with Crippen molar-refractivity contribution in [3.05, 3.63) is 59.7 Å². The fourth-order valence-electron chi connectivity index (χ4n) is 3.08. The minimum Gasteiger partial charge on any atom is -0.399 e. The first kappa shape index (κ1) is 16.7. The predicted octanol–water partition coefficient (Wildman–Crippen LogP) is 3.40. The summed E-state index contributed by atoms with van der Waals surface area (Å²) in [5.74, 6) is -0.163. The molecule has 1 fully saturated rings. The third-order valence-corrected chi connectivity index (χ3v) is 4.38. The Morgan fingerprint density at radius 3 is 2.60 bits per heavy atom. The second-order valence-corrected chi connectivity index (χ2v) is 6.01. The molecule has 0 N–H and O–H groups in total.